The van der Waals surface area contributed by atoms with Gasteiger partial charge < -0.3 is 19.7 Å². The lowest BCUT2D eigenvalue weighted by Crippen LogP contribution is -2.48. The Morgan fingerprint density at radius 1 is 1.10 bits per heavy atom. The van der Waals surface area contributed by atoms with Gasteiger partial charge in [-0.25, -0.2) is 4.39 Å². The minimum Gasteiger partial charge on any atom is -0.344 e. The summed E-state index contributed by atoms with van der Waals surface area (Å²) in [6.45, 7) is 8.23. The van der Waals surface area contributed by atoms with E-state index in [4.69, 9.17) is 0 Å². The van der Waals surface area contributed by atoms with Crippen LogP contribution in [0.25, 0.3) is 10.9 Å². The minimum absolute atomic E-state index is 0.504. The van der Waals surface area contributed by atoms with E-state index in [1.807, 2.05) is 0 Å². The summed E-state index contributed by atoms with van der Waals surface area (Å²) < 4.78 is 17.5. The Labute approximate surface area is 178 Å². The first-order valence-electron chi connectivity index (χ1n) is 11.5. The second kappa shape index (κ2) is 8.33. The molecule has 5 nitrogen and oxygen atoms in total. The number of anilines is 1. The highest BCUT2D eigenvalue weighted by Gasteiger charge is 2.35. The second-order valence-corrected chi connectivity index (χ2v) is 9.24. The van der Waals surface area contributed by atoms with Gasteiger partial charge in [0, 0.05) is 61.2 Å². The molecule has 30 heavy (non-hydrogen) atoms. The Bertz CT molecular complexity index is 906. The maximum Gasteiger partial charge on any atom is 0.126 e. The zero-order valence-corrected chi connectivity index (χ0v) is 18.0. The average molecular weight is 412 g/mol. The molecule has 0 spiro atoms. The van der Waals surface area contributed by atoms with Crippen molar-refractivity contribution in [3.63, 3.8) is 0 Å². The van der Waals surface area contributed by atoms with Gasteiger partial charge in [-0.3, -0.25) is 5.32 Å². The third kappa shape index (κ3) is 3.88. The Morgan fingerprint density at radius 2 is 1.90 bits per heavy atom. The quantitative estimate of drug-likeness (QED) is 0.807. The summed E-state index contributed by atoms with van der Waals surface area (Å²) in [6, 6.07) is 7.31. The van der Waals surface area contributed by atoms with E-state index in [1.54, 1.807) is 0 Å². The first-order chi connectivity index (χ1) is 14.6. The molecule has 0 atom stereocenters. The lowest BCUT2D eigenvalue weighted by molar-refractivity contribution is 0.0472. The second-order valence-electron chi connectivity index (χ2n) is 9.24. The highest BCUT2D eigenvalue weighted by Crippen LogP contribution is 2.34. The van der Waals surface area contributed by atoms with Crippen molar-refractivity contribution in [2.24, 2.45) is 0 Å². The van der Waals surface area contributed by atoms with Crippen LogP contribution in [0.1, 0.15) is 37.3 Å². The zero-order chi connectivity index (χ0) is 20.6. The maximum atomic E-state index is 15.1. The van der Waals surface area contributed by atoms with Crippen LogP contribution < -0.4 is 15.5 Å². The van der Waals surface area contributed by atoms with Gasteiger partial charge >= 0.3 is 0 Å². The number of fused-ring (bicyclic) bond motifs is 1. The third-order valence-electron chi connectivity index (χ3n) is 7.24. The SMILES string of the molecule is Cc1c(N2C=CCNC2)ccc2c1ccn2C1CCN(CC2(F)CCNCC2)CC1. The van der Waals surface area contributed by atoms with Gasteiger partial charge in [-0.15, -0.1) is 0 Å². The third-order valence-corrected chi connectivity index (χ3v) is 7.24. The fourth-order valence-corrected chi connectivity index (χ4v) is 5.46. The molecule has 2 fully saturated rings. The monoisotopic (exact) mass is 411 g/mol. The zero-order valence-electron chi connectivity index (χ0n) is 18.0. The van der Waals surface area contributed by atoms with Crippen molar-refractivity contribution in [3.05, 3.63) is 42.2 Å². The lowest BCUT2D eigenvalue weighted by Gasteiger charge is -2.39. The number of nitrogens with zero attached hydrogens (tertiary/aromatic N) is 3. The van der Waals surface area contributed by atoms with Crippen molar-refractivity contribution in [2.75, 3.05) is 50.8 Å². The number of alkyl halides is 1. The van der Waals surface area contributed by atoms with Crippen molar-refractivity contribution >= 4 is 16.6 Å². The van der Waals surface area contributed by atoms with Crippen LogP contribution in [0.15, 0.2) is 36.7 Å². The van der Waals surface area contributed by atoms with E-state index in [-0.39, 0.29) is 0 Å². The molecule has 0 saturated carbocycles. The molecule has 6 heteroatoms. The summed E-state index contributed by atoms with van der Waals surface area (Å²) in [6.07, 6.45) is 10.1. The summed E-state index contributed by atoms with van der Waals surface area (Å²) >= 11 is 0. The van der Waals surface area contributed by atoms with Gasteiger partial charge in [0.05, 0.1) is 6.67 Å². The highest BCUT2D eigenvalue weighted by molar-refractivity contribution is 5.89. The van der Waals surface area contributed by atoms with Crippen LogP contribution in [0.5, 0.6) is 0 Å². The van der Waals surface area contributed by atoms with Gasteiger partial charge in [-0.1, -0.05) is 6.08 Å². The van der Waals surface area contributed by atoms with Gasteiger partial charge in [-0.2, -0.15) is 0 Å². The molecule has 3 aliphatic heterocycles. The van der Waals surface area contributed by atoms with E-state index in [1.165, 1.54) is 22.2 Å². The predicted molar refractivity (Wildman–Crippen MR) is 122 cm³/mol. The highest BCUT2D eigenvalue weighted by atomic mass is 19.1. The summed E-state index contributed by atoms with van der Waals surface area (Å²) in [4.78, 5) is 4.63. The van der Waals surface area contributed by atoms with Gasteiger partial charge in [0.25, 0.3) is 0 Å². The van der Waals surface area contributed by atoms with Crippen molar-refractivity contribution < 1.29 is 4.39 Å². The molecule has 162 valence electrons. The van der Waals surface area contributed by atoms with Crippen molar-refractivity contribution in [1.29, 1.82) is 0 Å². The molecule has 4 heterocycles. The number of aromatic nitrogens is 1. The Morgan fingerprint density at radius 3 is 2.63 bits per heavy atom. The molecule has 2 N–H and O–H groups in total. The Balaban J connectivity index is 1.28. The van der Waals surface area contributed by atoms with E-state index in [0.717, 1.165) is 52.2 Å². The smallest absolute Gasteiger partial charge is 0.126 e. The maximum absolute atomic E-state index is 15.1. The van der Waals surface area contributed by atoms with Gasteiger partial charge in [-0.05, 0) is 69.5 Å². The first kappa shape index (κ1) is 20.0. The minimum atomic E-state index is -0.997. The largest absolute Gasteiger partial charge is 0.344 e. The van der Waals surface area contributed by atoms with E-state index >= 15 is 4.39 Å². The summed E-state index contributed by atoms with van der Waals surface area (Å²) in [7, 11) is 0. The molecule has 0 radical (unpaired) electrons. The number of benzene rings is 1. The summed E-state index contributed by atoms with van der Waals surface area (Å²) in [5.74, 6) is 0. The molecule has 0 aliphatic carbocycles. The van der Waals surface area contributed by atoms with Gasteiger partial charge in [0.2, 0.25) is 0 Å². The molecule has 2 saturated heterocycles. The van der Waals surface area contributed by atoms with Crippen LogP contribution in [0.4, 0.5) is 10.1 Å². The number of hydrogen-bond donors (Lipinski definition) is 2. The standard InChI is InChI=1S/C24H34FN5/c1-19-21-7-16-30(23(21)4-3-22(19)29-13-2-10-27-18-29)20-5-14-28(15-6-20)17-24(25)8-11-26-12-9-24/h2-4,7,13,16,20,26-27H,5-6,8-12,14-15,17-18H2,1H3. The van der Waals surface area contributed by atoms with Crippen molar-refractivity contribution in [2.45, 2.75) is 44.3 Å². The van der Waals surface area contributed by atoms with Gasteiger partial charge in [0.15, 0.2) is 0 Å². The Kier molecular flexibility index (Phi) is 5.56. The fourth-order valence-electron chi connectivity index (χ4n) is 5.46. The molecule has 0 unspecified atom stereocenters. The number of rotatable bonds is 4. The topological polar surface area (TPSA) is 35.5 Å². The number of piperidine rings is 2. The number of hydrogen-bond acceptors (Lipinski definition) is 4. The summed E-state index contributed by atoms with van der Waals surface area (Å²) in [5.41, 5.74) is 2.93. The fraction of sp³-hybridized carbons (Fsp3) is 0.583. The first-order valence-corrected chi connectivity index (χ1v) is 11.5. The van der Waals surface area contributed by atoms with E-state index in [2.05, 4.69) is 68.6 Å². The molecule has 1 aromatic heterocycles. The van der Waals surface area contributed by atoms with E-state index in [9.17, 15) is 0 Å². The van der Waals surface area contributed by atoms with Crippen LogP contribution >= 0.6 is 0 Å². The number of likely N-dealkylation sites (tertiary alicyclic amines) is 1. The van der Waals surface area contributed by atoms with Crippen LogP contribution in [0.3, 0.4) is 0 Å². The van der Waals surface area contributed by atoms with E-state index in [0.29, 0.717) is 25.4 Å². The summed E-state index contributed by atoms with van der Waals surface area (Å²) in [5, 5.41) is 8.02. The molecule has 0 amide bonds. The predicted octanol–water partition coefficient (Wildman–Crippen LogP) is 3.56. The van der Waals surface area contributed by atoms with Crippen LogP contribution in [-0.4, -0.2) is 61.1 Å². The molecule has 1 aromatic carbocycles. The lowest BCUT2D eigenvalue weighted by atomic mass is 9.92. The molecular formula is C24H34FN5. The van der Waals surface area contributed by atoms with Crippen LogP contribution in [-0.2, 0) is 0 Å². The average Bonchev–Trinajstić information content (AvgIpc) is 3.20. The van der Waals surface area contributed by atoms with Gasteiger partial charge in [0.1, 0.15) is 5.67 Å². The van der Waals surface area contributed by atoms with Crippen LogP contribution in [0.2, 0.25) is 0 Å². The van der Waals surface area contributed by atoms with Crippen molar-refractivity contribution in [1.82, 2.24) is 20.1 Å². The molecule has 0 bridgehead atoms. The number of aryl methyl sites for hydroxylation is 1. The molecule has 3 aliphatic rings. The van der Waals surface area contributed by atoms with E-state index < -0.39 is 5.67 Å². The Hall–Kier alpha value is -1.89. The normalized spacial score (nSPS) is 23.3. The molecule has 5 rings (SSSR count). The molecular weight excluding hydrogens is 377 g/mol. The number of halogens is 1. The van der Waals surface area contributed by atoms with Crippen molar-refractivity contribution in [3.8, 4) is 0 Å². The molecule has 2 aromatic rings. The number of nitrogens with one attached hydrogen (secondary N) is 2. The van der Waals surface area contributed by atoms with Crippen LogP contribution in [0, 0.1) is 6.92 Å².